The molecule has 110 valence electrons. The van der Waals surface area contributed by atoms with Crippen LogP contribution in [-0.4, -0.2) is 15.7 Å². The van der Waals surface area contributed by atoms with Gasteiger partial charge in [0, 0.05) is 21.9 Å². The molecule has 1 unspecified atom stereocenters. The number of alkyl halides is 3. The number of nitrogens with zero attached hydrogens (tertiary/aromatic N) is 2. The number of hydrogen-bond acceptors (Lipinski definition) is 3. The van der Waals surface area contributed by atoms with Crippen LogP contribution in [0.25, 0.3) is 5.69 Å². The first-order valence-corrected chi connectivity index (χ1v) is 6.60. The number of carbonyl (C=O) groups excluding carboxylic acids is 1. The molecule has 0 radical (unpaired) electrons. The second kappa shape index (κ2) is 4.57. The van der Waals surface area contributed by atoms with E-state index in [1.807, 2.05) is 0 Å². The average molecular weight is 361 g/mol. The summed E-state index contributed by atoms with van der Waals surface area (Å²) in [6.45, 7) is 0. The van der Waals surface area contributed by atoms with Gasteiger partial charge >= 0.3 is 6.18 Å². The number of fused-ring (bicyclic) bond motifs is 1. The number of carbonyl (C=O) groups is 1. The predicted molar refractivity (Wildman–Crippen MR) is 71.8 cm³/mol. The third kappa shape index (κ3) is 2.32. The monoisotopic (exact) mass is 360 g/mol. The van der Waals surface area contributed by atoms with Gasteiger partial charge in [0.05, 0.1) is 5.69 Å². The summed E-state index contributed by atoms with van der Waals surface area (Å²) in [5.74, 6) is -0.356. The Balaban J connectivity index is 2.07. The van der Waals surface area contributed by atoms with E-state index >= 15 is 0 Å². The summed E-state index contributed by atoms with van der Waals surface area (Å²) in [6.07, 6.45) is -3.31. The van der Waals surface area contributed by atoms with E-state index in [1.165, 1.54) is 12.3 Å². The Bertz CT molecular complexity index is 741. The van der Waals surface area contributed by atoms with Crippen molar-refractivity contribution in [1.29, 1.82) is 0 Å². The maximum Gasteiger partial charge on any atom is 0.435 e. The highest BCUT2D eigenvalue weighted by atomic mass is 79.9. The molecule has 9 heteroatoms. The Labute approximate surface area is 125 Å². The van der Waals surface area contributed by atoms with E-state index in [1.54, 1.807) is 6.07 Å². The lowest BCUT2D eigenvalue weighted by molar-refractivity contribution is -0.141. The molecule has 1 aromatic carbocycles. The van der Waals surface area contributed by atoms with Crippen LogP contribution in [-0.2, 0) is 11.0 Å². The van der Waals surface area contributed by atoms with E-state index < -0.39 is 17.9 Å². The van der Waals surface area contributed by atoms with Gasteiger partial charge in [0.2, 0.25) is 5.91 Å². The van der Waals surface area contributed by atoms with Gasteiger partial charge in [0.1, 0.15) is 6.04 Å². The molecular formula is C12H8BrF3N4O. The van der Waals surface area contributed by atoms with Crippen LogP contribution in [0.4, 0.5) is 18.9 Å². The quantitative estimate of drug-likeness (QED) is 0.820. The lowest BCUT2D eigenvalue weighted by Crippen LogP contribution is -2.19. The normalized spacial score (nSPS) is 17.8. The Hall–Kier alpha value is -1.87. The van der Waals surface area contributed by atoms with Crippen molar-refractivity contribution in [3.05, 3.63) is 40.1 Å². The van der Waals surface area contributed by atoms with E-state index in [9.17, 15) is 18.0 Å². The zero-order chi connectivity index (χ0) is 15.4. The maximum absolute atomic E-state index is 12.6. The summed E-state index contributed by atoms with van der Waals surface area (Å²) in [5, 5.41) is 6.07. The largest absolute Gasteiger partial charge is 0.435 e. The Morgan fingerprint density at radius 1 is 1.38 bits per heavy atom. The summed E-state index contributed by atoms with van der Waals surface area (Å²) in [5.41, 5.74) is 6.14. The number of nitrogens with one attached hydrogen (secondary N) is 1. The molecule has 1 aromatic heterocycles. The molecule has 1 aliphatic heterocycles. The average Bonchev–Trinajstić information content (AvgIpc) is 2.96. The number of benzene rings is 1. The van der Waals surface area contributed by atoms with Crippen molar-refractivity contribution in [2.24, 2.45) is 5.73 Å². The third-order valence-corrected chi connectivity index (χ3v) is 3.76. The van der Waals surface area contributed by atoms with Crippen molar-refractivity contribution in [2.75, 3.05) is 5.32 Å². The Morgan fingerprint density at radius 3 is 2.71 bits per heavy atom. The molecule has 21 heavy (non-hydrogen) atoms. The standard InChI is InChI=1S/C12H8BrF3N4O/c13-6-3-5-7(18-11(21)10(5)17)4-8(6)20-2-1-9(19-20)12(14,15)16/h1-4,10H,17H2,(H,18,21). The zero-order valence-corrected chi connectivity index (χ0v) is 11.9. The van der Waals surface area contributed by atoms with E-state index in [2.05, 4.69) is 26.3 Å². The van der Waals surface area contributed by atoms with Gasteiger partial charge in [0.25, 0.3) is 0 Å². The van der Waals surface area contributed by atoms with Crippen LogP contribution >= 0.6 is 15.9 Å². The molecule has 1 amide bonds. The van der Waals surface area contributed by atoms with Crippen LogP contribution in [0.3, 0.4) is 0 Å². The van der Waals surface area contributed by atoms with E-state index in [4.69, 9.17) is 5.73 Å². The first-order valence-electron chi connectivity index (χ1n) is 5.80. The van der Waals surface area contributed by atoms with Gasteiger partial charge in [-0.3, -0.25) is 4.79 Å². The fourth-order valence-electron chi connectivity index (χ4n) is 2.08. The molecule has 1 aliphatic rings. The Morgan fingerprint density at radius 2 is 2.10 bits per heavy atom. The minimum atomic E-state index is -4.51. The molecule has 0 saturated carbocycles. The fraction of sp³-hybridized carbons (Fsp3) is 0.167. The highest BCUT2D eigenvalue weighted by Gasteiger charge is 2.34. The molecule has 1 atom stereocenters. The van der Waals surface area contributed by atoms with Crippen LogP contribution in [0, 0.1) is 0 Å². The first-order chi connectivity index (χ1) is 9.77. The highest BCUT2D eigenvalue weighted by Crippen LogP contribution is 2.36. The molecule has 0 saturated heterocycles. The lowest BCUT2D eigenvalue weighted by Gasteiger charge is -2.09. The highest BCUT2D eigenvalue weighted by molar-refractivity contribution is 9.10. The van der Waals surface area contributed by atoms with E-state index in [0.717, 1.165) is 10.7 Å². The Kier molecular flexibility index (Phi) is 3.06. The van der Waals surface area contributed by atoms with Gasteiger partial charge in [0.15, 0.2) is 5.69 Å². The molecule has 2 aromatic rings. The summed E-state index contributed by atoms with van der Waals surface area (Å²) in [7, 11) is 0. The fourth-order valence-corrected chi connectivity index (χ4v) is 2.62. The van der Waals surface area contributed by atoms with E-state index in [-0.39, 0.29) is 5.91 Å². The van der Waals surface area contributed by atoms with Crippen molar-refractivity contribution in [3.63, 3.8) is 0 Å². The smallest absolute Gasteiger partial charge is 0.324 e. The summed E-state index contributed by atoms with van der Waals surface area (Å²) >= 11 is 3.26. The SMILES string of the molecule is NC1C(=O)Nc2cc(-n3ccc(C(F)(F)F)n3)c(Br)cc21. The van der Waals surface area contributed by atoms with Crippen molar-refractivity contribution < 1.29 is 18.0 Å². The molecule has 0 aliphatic carbocycles. The molecule has 3 N–H and O–H groups in total. The summed E-state index contributed by atoms with van der Waals surface area (Å²) < 4.78 is 39.3. The first kappa shape index (κ1) is 14.1. The molecule has 5 nitrogen and oxygen atoms in total. The van der Waals surface area contributed by atoms with Gasteiger partial charge in [-0.05, 0) is 34.1 Å². The maximum atomic E-state index is 12.6. The number of anilines is 1. The second-order valence-corrected chi connectivity index (χ2v) is 5.36. The zero-order valence-electron chi connectivity index (χ0n) is 10.3. The number of hydrogen-bond donors (Lipinski definition) is 2. The predicted octanol–water partition coefficient (Wildman–Crippen LogP) is 2.61. The molecule has 2 heterocycles. The number of aromatic nitrogens is 2. The minimum Gasteiger partial charge on any atom is -0.324 e. The van der Waals surface area contributed by atoms with Gasteiger partial charge in [-0.25, -0.2) is 4.68 Å². The van der Waals surface area contributed by atoms with E-state index in [0.29, 0.717) is 21.4 Å². The van der Waals surface area contributed by atoms with Crippen molar-refractivity contribution in [2.45, 2.75) is 12.2 Å². The molecule has 3 rings (SSSR count). The van der Waals surface area contributed by atoms with Crippen molar-refractivity contribution in [1.82, 2.24) is 9.78 Å². The summed E-state index contributed by atoms with van der Waals surface area (Å²) in [4.78, 5) is 11.5. The number of rotatable bonds is 1. The van der Waals surface area contributed by atoms with Gasteiger partial charge in [-0.2, -0.15) is 18.3 Å². The van der Waals surface area contributed by atoms with Gasteiger partial charge in [-0.1, -0.05) is 0 Å². The summed E-state index contributed by atoms with van der Waals surface area (Å²) in [6, 6.07) is 3.22. The van der Waals surface area contributed by atoms with Crippen LogP contribution < -0.4 is 11.1 Å². The van der Waals surface area contributed by atoms with Crippen LogP contribution in [0.1, 0.15) is 17.3 Å². The number of nitrogens with two attached hydrogens (primary N) is 1. The minimum absolute atomic E-state index is 0.356. The number of amides is 1. The van der Waals surface area contributed by atoms with Crippen LogP contribution in [0.5, 0.6) is 0 Å². The van der Waals surface area contributed by atoms with Crippen molar-refractivity contribution >= 4 is 27.5 Å². The van der Waals surface area contributed by atoms with Gasteiger partial charge < -0.3 is 11.1 Å². The third-order valence-electron chi connectivity index (χ3n) is 3.12. The molecule has 0 bridgehead atoms. The molecule has 0 spiro atoms. The lowest BCUT2D eigenvalue weighted by atomic mass is 10.1. The van der Waals surface area contributed by atoms with Gasteiger partial charge in [-0.15, -0.1) is 0 Å². The molecule has 0 fully saturated rings. The topological polar surface area (TPSA) is 72.9 Å². The molecular weight excluding hydrogens is 353 g/mol. The van der Waals surface area contributed by atoms with Crippen LogP contribution in [0.15, 0.2) is 28.9 Å². The second-order valence-electron chi connectivity index (χ2n) is 4.50. The van der Waals surface area contributed by atoms with Crippen LogP contribution in [0.2, 0.25) is 0 Å². The van der Waals surface area contributed by atoms with Crippen molar-refractivity contribution in [3.8, 4) is 5.69 Å². The number of halogens is 4.